The SMILES string of the molecule is FC(F)(F)Oc1cccc(CNCC2C3CN(CC4CCCC4)CC23)c1. The van der Waals surface area contributed by atoms with Crippen LogP contribution < -0.4 is 10.1 Å². The summed E-state index contributed by atoms with van der Waals surface area (Å²) in [5, 5.41) is 3.41. The molecule has 1 saturated heterocycles. The minimum Gasteiger partial charge on any atom is -0.406 e. The Morgan fingerprint density at radius 1 is 1.12 bits per heavy atom. The molecule has 2 saturated carbocycles. The highest BCUT2D eigenvalue weighted by Gasteiger charge is 2.54. The predicted molar refractivity (Wildman–Crippen MR) is 93.7 cm³/mol. The van der Waals surface area contributed by atoms with E-state index < -0.39 is 6.36 Å². The van der Waals surface area contributed by atoms with Gasteiger partial charge in [-0.05, 0) is 60.8 Å². The summed E-state index contributed by atoms with van der Waals surface area (Å²) in [7, 11) is 0. The molecule has 0 radical (unpaired) electrons. The monoisotopic (exact) mass is 368 g/mol. The van der Waals surface area contributed by atoms with Crippen molar-refractivity contribution in [3.8, 4) is 5.75 Å². The van der Waals surface area contributed by atoms with Gasteiger partial charge in [0.2, 0.25) is 0 Å². The van der Waals surface area contributed by atoms with Crippen LogP contribution in [0.15, 0.2) is 24.3 Å². The number of hydrogen-bond acceptors (Lipinski definition) is 3. The first-order chi connectivity index (χ1) is 12.5. The van der Waals surface area contributed by atoms with Crippen LogP contribution in [0.1, 0.15) is 31.2 Å². The van der Waals surface area contributed by atoms with Gasteiger partial charge in [-0.15, -0.1) is 13.2 Å². The second-order valence-corrected chi connectivity index (χ2v) is 8.19. The van der Waals surface area contributed by atoms with E-state index in [0.29, 0.717) is 6.54 Å². The quantitative estimate of drug-likeness (QED) is 0.786. The number of ether oxygens (including phenoxy) is 1. The normalized spacial score (nSPS) is 29.1. The smallest absolute Gasteiger partial charge is 0.406 e. The Morgan fingerprint density at radius 3 is 2.54 bits per heavy atom. The second kappa shape index (κ2) is 7.39. The standard InChI is InChI=1S/C20H27F3N2O/c21-20(22,23)26-16-7-3-6-15(8-16)9-24-10-17-18-12-25(13-19(17)18)11-14-4-1-2-5-14/h3,6-8,14,17-19,24H,1-2,4-5,9-13H2. The van der Waals surface area contributed by atoms with Crippen LogP contribution in [0.2, 0.25) is 0 Å². The molecule has 3 aliphatic rings. The van der Waals surface area contributed by atoms with Crippen LogP contribution in [0, 0.1) is 23.7 Å². The zero-order valence-electron chi connectivity index (χ0n) is 15.0. The summed E-state index contributed by atoms with van der Waals surface area (Å²) in [5.74, 6) is 3.16. The number of nitrogens with zero attached hydrogens (tertiary/aromatic N) is 1. The van der Waals surface area contributed by atoms with Crippen molar-refractivity contribution in [2.45, 2.75) is 38.6 Å². The van der Waals surface area contributed by atoms with Crippen LogP contribution in [0.5, 0.6) is 5.75 Å². The Balaban J connectivity index is 1.16. The van der Waals surface area contributed by atoms with Crippen LogP contribution in [0.25, 0.3) is 0 Å². The molecule has 2 aliphatic carbocycles. The molecule has 3 nitrogen and oxygen atoms in total. The molecule has 3 fully saturated rings. The first-order valence-electron chi connectivity index (χ1n) is 9.76. The lowest BCUT2D eigenvalue weighted by molar-refractivity contribution is -0.274. The maximum absolute atomic E-state index is 12.3. The number of fused-ring (bicyclic) bond motifs is 1. The zero-order valence-corrected chi connectivity index (χ0v) is 15.0. The van der Waals surface area contributed by atoms with Gasteiger partial charge in [0.15, 0.2) is 0 Å². The van der Waals surface area contributed by atoms with E-state index in [-0.39, 0.29) is 5.75 Å². The van der Waals surface area contributed by atoms with Gasteiger partial charge in [-0.2, -0.15) is 0 Å². The molecule has 0 aromatic heterocycles. The molecule has 2 unspecified atom stereocenters. The van der Waals surface area contributed by atoms with E-state index in [4.69, 9.17) is 0 Å². The van der Waals surface area contributed by atoms with E-state index in [9.17, 15) is 13.2 Å². The number of benzene rings is 1. The van der Waals surface area contributed by atoms with Crippen LogP contribution in [-0.4, -0.2) is 37.4 Å². The molecular formula is C20H27F3N2O. The van der Waals surface area contributed by atoms with Crippen molar-refractivity contribution in [2.75, 3.05) is 26.2 Å². The first kappa shape index (κ1) is 18.1. The lowest BCUT2D eigenvalue weighted by Crippen LogP contribution is -2.31. The molecule has 2 atom stereocenters. The summed E-state index contributed by atoms with van der Waals surface area (Å²) in [6.07, 6.45) is 1.00. The van der Waals surface area contributed by atoms with Gasteiger partial charge in [-0.25, -0.2) is 0 Å². The van der Waals surface area contributed by atoms with Crippen molar-refractivity contribution in [1.29, 1.82) is 0 Å². The fourth-order valence-electron chi connectivity index (χ4n) is 4.98. The van der Waals surface area contributed by atoms with Gasteiger partial charge in [0.1, 0.15) is 5.75 Å². The lowest BCUT2D eigenvalue weighted by atomic mass is 10.1. The molecule has 6 heteroatoms. The van der Waals surface area contributed by atoms with Gasteiger partial charge in [0.25, 0.3) is 0 Å². The Bertz CT molecular complexity index is 603. The highest BCUT2D eigenvalue weighted by molar-refractivity contribution is 5.28. The largest absolute Gasteiger partial charge is 0.573 e. The van der Waals surface area contributed by atoms with Crippen LogP contribution in [0.3, 0.4) is 0 Å². The van der Waals surface area contributed by atoms with Crippen molar-refractivity contribution in [3.63, 3.8) is 0 Å². The van der Waals surface area contributed by atoms with Crippen molar-refractivity contribution >= 4 is 0 Å². The number of alkyl halides is 3. The van der Waals surface area contributed by atoms with Crippen molar-refractivity contribution in [1.82, 2.24) is 10.2 Å². The summed E-state index contributed by atoms with van der Waals surface area (Å²) in [6.45, 7) is 5.30. The van der Waals surface area contributed by atoms with E-state index >= 15 is 0 Å². The molecule has 1 aliphatic heterocycles. The van der Waals surface area contributed by atoms with Crippen LogP contribution >= 0.6 is 0 Å². The Morgan fingerprint density at radius 2 is 1.85 bits per heavy atom. The molecule has 1 aromatic rings. The molecule has 144 valence electrons. The number of likely N-dealkylation sites (tertiary alicyclic amines) is 1. The summed E-state index contributed by atoms with van der Waals surface area (Å²) in [5.41, 5.74) is 0.820. The van der Waals surface area contributed by atoms with Gasteiger partial charge in [0.05, 0.1) is 0 Å². The summed E-state index contributed by atoms with van der Waals surface area (Å²) < 4.78 is 40.8. The number of nitrogens with one attached hydrogen (secondary N) is 1. The fourth-order valence-corrected chi connectivity index (χ4v) is 4.98. The Labute approximate surface area is 152 Å². The minimum absolute atomic E-state index is 0.150. The van der Waals surface area contributed by atoms with Gasteiger partial charge < -0.3 is 15.0 Å². The lowest BCUT2D eigenvalue weighted by Gasteiger charge is -2.23. The number of rotatable bonds is 7. The summed E-state index contributed by atoms with van der Waals surface area (Å²) in [6, 6.07) is 6.22. The fraction of sp³-hybridized carbons (Fsp3) is 0.700. The number of hydrogen-bond donors (Lipinski definition) is 1. The van der Waals surface area contributed by atoms with Gasteiger partial charge in [-0.1, -0.05) is 25.0 Å². The van der Waals surface area contributed by atoms with Gasteiger partial charge >= 0.3 is 6.36 Å². The maximum atomic E-state index is 12.3. The van der Waals surface area contributed by atoms with E-state index in [0.717, 1.165) is 35.8 Å². The van der Waals surface area contributed by atoms with Crippen molar-refractivity contribution in [3.05, 3.63) is 29.8 Å². The van der Waals surface area contributed by atoms with Crippen molar-refractivity contribution in [2.24, 2.45) is 23.7 Å². The molecule has 0 amide bonds. The molecule has 4 rings (SSSR count). The average molecular weight is 368 g/mol. The van der Waals surface area contributed by atoms with E-state index in [1.165, 1.54) is 57.5 Å². The van der Waals surface area contributed by atoms with Crippen LogP contribution in [0.4, 0.5) is 13.2 Å². The van der Waals surface area contributed by atoms with Gasteiger partial charge in [-0.3, -0.25) is 0 Å². The van der Waals surface area contributed by atoms with Gasteiger partial charge in [0, 0.05) is 26.2 Å². The third-order valence-corrected chi connectivity index (χ3v) is 6.28. The van der Waals surface area contributed by atoms with E-state index in [2.05, 4.69) is 15.0 Å². The molecule has 26 heavy (non-hydrogen) atoms. The average Bonchev–Trinajstić information content (AvgIpc) is 2.97. The Kier molecular flexibility index (Phi) is 5.15. The summed E-state index contributed by atoms with van der Waals surface area (Å²) in [4.78, 5) is 2.65. The topological polar surface area (TPSA) is 24.5 Å². The molecular weight excluding hydrogens is 341 g/mol. The predicted octanol–water partition coefficient (Wildman–Crippen LogP) is 4.04. The first-order valence-corrected chi connectivity index (χ1v) is 9.76. The Hall–Kier alpha value is -1.27. The molecule has 1 heterocycles. The highest BCUT2D eigenvalue weighted by Crippen LogP contribution is 2.51. The molecule has 0 spiro atoms. The third kappa shape index (κ3) is 4.52. The number of halogens is 3. The van der Waals surface area contributed by atoms with E-state index in [1.807, 2.05) is 6.07 Å². The van der Waals surface area contributed by atoms with Crippen LogP contribution in [-0.2, 0) is 6.54 Å². The minimum atomic E-state index is -4.64. The van der Waals surface area contributed by atoms with E-state index in [1.54, 1.807) is 6.07 Å². The van der Waals surface area contributed by atoms with Crippen molar-refractivity contribution < 1.29 is 17.9 Å². The second-order valence-electron chi connectivity index (χ2n) is 8.19. The number of piperidine rings is 1. The zero-order chi connectivity index (χ0) is 18.1. The molecule has 1 N–H and O–H groups in total. The molecule has 1 aromatic carbocycles. The molecule has 0 bridgehead atoms. The highest BCUT2D eigenvalue weighted by atomic mass is 19.4. The summed E-state index contributed by atoms with van der Waals surface area (Å²) >= 11 is 0. The third-order valence-electron chi connectivity index (χ3n) is 6.28. The maximum Gasteiger partial charge on any atom is 0.573 e.